The van der Waals surface area contributed by atoms with Crippen LogP contribution in [0.2, 0.25) is 5.02 Å². The lowest BCUT2D eigenvalue weighted by atomic mass is 10.0. The van der Waals surface area contributed by atoms with Gasteiger partial charge in [-0.3, -0.25) is 4.90 Å². The zero-order valence-electron chi connectivity index (χ0n) is 11.4. The first-order valence-electron chi connectivity index (χ1n) is 6.50. The summed E-state index contributed by atoms with van der Waals surface area (Å²) in [6, 6.07) is 14.3. The molecule has 0 aromatic heterocycles. The van der Waals surface area contributed by atoms with Crippen LogP contribution in [0.1, 0.15) is 17.2 Å². The van der Waals surface area contributed by atoms with Gasteiger partial charge in [-0.1, -0.05) is 35.9 Å². The lowest BCUT2D eigenvalue weighted by Gasteiger charge is -2.27. The monoisotopic (exact) mass is 292 g/mol. The van der Waals surface area contributed by atoms with Crippen molar-refractivity contribution >= 4 is 11.6 Å². The molecule has 1 unspecified atom stereocenters. The molecule has 2 nitrogen and oxygen atoms in total. The molecule has 2 N–H and O–H groups in total. The van der Waals surface area contributed by atoms with Crippen molar-refractivity contribution in [3.05, 3.63) is 70.5 Å². The van der Waals surface area contributed by atoms with Crippen molar-refractivity contribution < 1.29 is 4.39 Å². The quantitative estimate of drug-likeness (QED) is 0.912. The summed E-state index contributed by atoms with van der Waals surface area (Å²) in [5.74, 6) is -0.221. The van der Waals surface area contributed by atoms with Crippen LogP contribution in [0.4, 0.5) is 4.39 Å². The van der Waals surface area contributed by atoms with Gasteiger partial charge in [-0.05, 0) is 42.4 Å². The Morgan fingerprint density at radius 1 is 1.20 bits per heavy atom. The molecule has 0 spiro atoms. The molecule has 2 aromatic carbocycles. The zero-order valence-corrected chi connectivity index (χ0v) is 12.1. The Hall–Kier alpha value is -1.42. The van der Waals surface area contributed by atoms with Gasteiger partial charge in [0.1, 0.15) is 5.82 Å². The molecule has 0 aliphatic heterocycles. The summed E-state index contributed by atoms with van der Waals surface area (Å²) in [6.07, 6.45) is 0. The number of halogens is 2. The highest BCUT2D eigenvalue weighted by Gasteiger charge is 2.15. The molecular weight excluding hydrogens is 275 g/mol. The maximum absolute atomic E-state index is 12.9. The van der Waals surface area contributed by atoms with Crippen LogP contribution in [-0.2, 0) is 6.54 Å². The number of rotatable bonds is 5. The van der Waals surface area contributed by atoms with Crippen LogP contribution in [0.25, 0.3) is 0 Å². The standard InChI is InChI=1S/C16H18ClFN2/c1-20(11-12-5-7-15(18)8-6-12)16(10-19)13-3-2-4-14(17)9-13/h2-9,16H,10-11,19H2,1H3. The smallest absolute Gasteiger partial charge is 0.123 e. The predicted molar refractivity (Wildman–Crippen MR) is 81.1 cm³/mol. The third-order valence-corrected chi connectivity index (χ3v) is 3.57. The fourth-order valence-corrected chi connectivity index (χ4v) is 2.47. The third-order valence-electron chi connectivity index (χ3n) is 3.33. The van der Waals surface area contributed by atoms with Gasteiger partial charge in [-0.15, -0.1) is 0 Å². The van der Waals surface area contributed by atoms with Gasteiger partial charge in [-0.25, -0.2) is 4.39 Å². The molecule has 20 heavy (non-hydrogen) atoms. The number of hydrogen-bond donors (Lipinski definition) is 1. The fraction of sp³-hybridized carbons (Fsp3) is 0.250. The van der Waals surface area contributed by atoms with Crippen molar-refractivity contribution in [2.75, 3.05) is 13.6 Å². The van der Waals surface area contributed by atoms with Crippen molar-refractivity contribution in [3.63, 3.8) is 0 Å². The second-order valence-electron chi connectivity index (χ2n) is 4.85. The largest absolute Gasteiger partial charge is 0.329 e. The van der Waals surface area contributed by atoms with Gasteiger partial charge in [0.2, 0.25) is 0 Å². The van der Waals surface area contributed by atoms with E-state index in [1.165, 1.54) is 12.1 Å². The van der Waals surface area contributed by atoms with Crippen LogP contribution < -0.4 is 5.73 Å². The molecular formula is C16H18ClFN2. The minimum Gasteiger partial charge on any atom is -0.329 e. The summed E-state index contributed by atoms with van der Waals surface area (Å²) in [6.45, 7) is 1.20. The van der Waals surface area contributed by atoms with Crippen LogP contribution in [0.5, 0.6) is 0 Å². The Bertz CT molecular complexity index is 557. The maximum Gasteiger partial charge on any atom is 0.123 e. The van der Waals surface area contributed by atoms with E-state index in [1.54, 1.807) is 12.1 Å². The maximum atomic E-state index is 12.9. The van der Waals surface area contributed by atoms with Crippen molar-refractivity contribution in [3.8, 4) is 0 Å². The summed E-state index contributed by atoms with van der Waals surface area (Å²) < 4.78 is 12.9. The molecule has 4 heteroatoms. The van der Waals surface area contributed by atoms with Gasteiger partial charge in [0.05, 0.1) is 0 Å². The van der Waals surface area contributed by atoms with Crippen molar-refractivity contribution in [2.24, 2.45) is 5.73 Å². The topological polar surface area (TPSA) is 29.3 Å². The SMILES string of the molecule is CN(Cc1ccc(F)cc1)C(CN)c1cccc(Cl)c1. The number of hydrogen-bond acceptors (Lipinski definition) is 2. The molecule has 1 atom stereocenters. The summed E-state index contributed by atoms with van der Waals surface area (Å²) >= 11 is 6.03. The van der Waals surface area contributed by atoms with Gasteiger partial charge in [0.15, 0.2) is 0 Å². The van der Waals surface area contributed by atoms with E-state index in [2.05, 4.69) is 4.90 Å². The van der Waals surface area contributed by atoms with E-state index >= 15 is 0 Å². The van der Waals surface area contributed by atoms with Gasteiger partial charge < -0.3 is 5.73 Å². The molecule has 0 saturated heterocycles. The number of benzene rings is 2. The molecule has 0 amide bonds. The van der Waals surface area contributed by atoms with Crippen LogP contribution in [0.15, 0.2) is 48.5 Å². The molecule has 0 bridgehead atoms. The molecule has 0 aliphatic carbocycles. The van der Waals surface area contributed by atoms with Crippen molar-refractivity contribution in [2.45, 2.75) is 12.6 Å². The van der Waals surface area contributed by atoms with E-state index in [4.69, 9.17) is 17.3 Å². The molecule has 106 valence electrons. The van der Waals surface area contributed by atoms with Crippen LogP contribution in [0, 0.1) is 5.82 Å². The summed E-state index contributed by atoms with van der Waals surface area (Å²) in [5, 5.41) is 0.705. The molecule has 0 heterocycles. The normalized spacial score (nSPS) is 12.7. The van der Waals surface area contributed by atoms with Crippen molar-refractivity contribution in [1.29, 1.82) is 0 Å². The van der Waals surface area contributed by atoms with E-state index in [0.29, 0.717) is 18.1 Å². The van der Waals surface area contributed by atoms with Gasteiger partial charge in [0, 0.05) is 24.2 Å². The molecule has 0 saturated carbocycles. The molecule has 0 aliphatic rings. The van der Waals surface area contributed by atoms with Gasteiger partial charge in [-0.2, -0.15) is 0 Å². The lowest BCUT2D eigenvalue weighted by molar-refractivity contribution is 0.242. The van der Waals surface area contributed by atoms with Gasteiger partial charge >= 0.3 is 0 Å². The zero-order chi connectivity index (χ0) is 14.5. The lowest BCUT2D eigenvalue weighted by Crippen LogP contribution is -2.30. The fourth-order valence-electron chi connectivity index (χ4n) is 2.27. The summed E-state index contributed by atoms with van der Waals surface area (Å²) in [5.41, 5.74) is 8.03. The number of nitrogens with zero attached hydrogens (tertiary/aromatic N) is 1. The molecule has 0 fully saturated rings. The first kappa shape index (κ1) is 15.0. The molecule has 2 aromatic rings. The van der Waals surface area contributed by atoms with E-state index in [0.717, 1.165) is 11.1 Å². The second kappa shape index (κ2) is 6.84. The Morgan fingerprint density at radius 3 is 2.50 bits per heavy atom. The minimum absolute atomic E-state index is 0.0822. The average Bonchev–Trinajstić information content (AvgIpc) is 2.42. The summed E-state index contributed by atoms with van der Waals surface area (Å²) in [7, 11) is 2.00. The first-order chi connectivity index (χ1) is 9.60. The van der Waals surface area contributed by atoms with Crippen LogP contribution in [0.3, 0.4) is 0 Å². The summed E-state index contributed by atoms with van der Waals surface area (Å²) in [4.78, 5) is 2.14. The Balaban J connectivity index is 2.13. The highest BCUT2D eigenvalue weighted by Crippen LogP contribution is 2.23. The number of likely N-dealkylation sites (N-methyl/N-ethyl adjacent to an activating group) is 1. The van der Waals surface area contributed by atoms with E-state index in [1.807, 2.05) is 31.3 Å². The van der Waals surface area contributed by atoms with Gasteiger partial charge in [0.25, 0.3) is 0 Å². The first-order valence-corrected chi connectivity index (χ1v) is 6.88. The van der Waals surface area contributed by atoms with E-state index in [-0.39, 0.29) is 11.9 Å². The van der Waals surface area contributed by atoms with E-state index < -0.39 is 0 Å². The predicted octanol–water partition coefficient (Wildman–Crippen LogP) is 3.61. The average molecular weight is 293 g/mol. The molecule has 0 radical (unpaired) electrons. The Kier molecular flexibility index (Phi) is 5.12. The second-order valence-corrected chi connectivity index (χ2v) is 5.28. The van der Waals surface area contributed by atoms with Crippen molar-refractivity contribution in [1.82, 2.24) is 4.90 Å². The third kappa shape index (κ3) is 3.79. The van der Waals surface area contributed by atoms with E-state index in [9.17, 15) is 4.39 Å². The minimum atomic E-state index is -0.221. The highest BCUT2D eigenvalue weighted by molar-refractivity contribution is 6.30. The highest BCUT2D eigenvalue weighted by atomic mass is 35.5. The Labute approximate surface area is 124 Å². The van der Waals surface area contributed by atoms with Crippen LogP contribution >= 0.6 is 11.6 Å². The Morgan fingerprint density at radius 2 is 1.90 bits per heavy atom. The molecule has 2 rings (SSSR count). The number of nitrogens with two attached hydrogens (primary N) is 1. The van der Waals surface area contributed by atoms with Crippen LogP contribution in [-0.4, -0.2) is 18.5 Å².